The summed E-state index contributed by atoms with van der Waals surface area (Å²) in [5, 5.41) is 9.28. The molecule has 0 aliphatic rings. The van der Waals surface area contributed by atoms with Gasteiger partial charge in [0.2, 0.25) is 5.89 Å². The van der Waals surface area contributed by atoms with Crippen molar-refractivity contribution < 1.29 is 19.1 Å². The molecule has 1 atom stereocenters. The molecule has 19 heavy (non-hydrogen) atoms. The van der Waals surface area contributed by atoms with Gasteiger partial charge in [0.1, 0.15) is 12.0 Å². The zero-order chi connectivity index (χ0) is 13.8. The summed E-state index contributed by atoms with van der Waals surface area (Å²) < 4.78 is 10.4. The predicted molar refractivity (Wildman–Crippen MR) is 68.8 cm³/mol. The SMILES string of the molecule is CC(OCc1coc(-c2cccc(Cl)c2)n1)C(=O)O. The molecule has 0 bridgehead atoms. The normalized spacial score (nSPS) is 12.3. The van der Waals surface area contributed by atoms with E-state index in [4.69, 9.17) is 25.9 Å². The quantitative estimate of drug-likeness (QED) is 0.912. The van der Waals surface area contributed by atoms with Crippen LogP contribution < -0.4 is 0 Å². The number of oxazole rings is 1. The molecule has 100 valence electrons. The number of halogens is 1. The van der Waals surface area contributed by atoms with Gasteiger partial charge in [-0.25, -0.2) is 9.78 Å². The zero-order valence-electron chi connectivity index (χ0n) is 10.2. The minimum atomic E-state index is -1.02. The van der Waals surface area contributed by atoms with Gasteiger partial charge in [-0.05, 0) is 25.1 Å². The summed E-state index contributed by atoms with van der Waals surface area (Å²) in [5.41, 5.74) is 1.29. The first-order valence-electron chi connectivity index (χ1n) is 5.61. The lowest BCUT2D eigenvalue weighted by molar-refractivity contribution is -0.149. The molecule has 0 spiro atoms. The van der Waals surface area contributed by atoms with Crippen molar-refractivity contribution in [2.24, 2.45) is 0 Å². The number of aromatic nitrogens is 1. The van der Waals surface area contributed by atoms with Gasteiger partial charge in [-0.3, -0.25) is 0 Å². The monoisotopic (exact) mass is 281 g/mol. The van der Waals surface area contributed by atoms with Crippen molar-refractivity contribution in [2.75, 3.05) is 0 Å². The van der Waals surface area contributed by atoms with E-state index in [1.54, 1.807) is 18.2 Å². The molecule has 0 amide bonds. The molecule has 2 aromatic rings. The maximum Gasteiger partial charge on any atom is 0.332 e. The van der Waals surface area contributed by atoms with Gasteiger partial charge in [-0.1, -0.05) is 17.7 Å². The van der Waals surface area contributed by atoms with E-state index in [1.165, 1.54) is 13.2 Å². The van der Waals surface area contributed by atoms with Gasteiger partial charge >= 0.3 is 5.97 Å². The number of rotatable bonds is 5. The second-order valence-electron chi connectivity index (χ2n) is 3.95. The average molecular weight is 282 g/mol. The van der Waals surface area contributed by atoms with Crippen molar-refractivity contribution in [1.29, 1.82) is 0 Å². The van der Waals surface area contributed by atoms with Gasteiger partial charge in [0, 0.05) is 10.6 Å². The fraction of sp³-hybridized carbons (Fsp3) is 0.231. The van der Waals surface area contributed by atoms with E-state index in [1.807, 2.05) is 6.07 Å². The second kappa shape index (κ2) is 5.86. The highest BCUT2D eigenvalue weighted by Gasteiger charge is 2.13. The third-order valence-electron chi connectivity index (χ3n) is 2.45. The third kappa shape index (κ3) is 3.56. The highest BCUT2D eigenvalue weighted by atomic mass is 35.5. The first kappa shape index (κ1) is 13.6. The van der Waals surface area contributed by atoms with Gasteiger partial charge in [0.15, 0.2) is 6.10 Å². The molecule has 1 N–H and O–H groups in total. The molecule has 5 nitrogen and oxygen atoms in total. The second-order valence-corrected chi connectivity index (χ2v) is 4.38. The van der Waals surface area contributed by atoms with Crippen LogP contribution in [0.25, 0.3) is 11.5 Å². The lowest BCUT2D eigenvalue weighted by Gasteiger charge is -2.05. The molecule has 1 unspecified atom stereocenters. The summed E-state index contributed by atoms with van der Waals surface area (Å²) in [6, 6.07) is 7.11. The van der Waals surface area contributed by atoms with E-state index in [0.29, 0.717) is 16.6 Å². The number of carboxylic acids is 1. The maximum absolute atomic E-state index is 10.6. The Balaban J connectivity index is 2.05. The van der Waals surface area contributed by atoms with Crippen LogP contribution in [0.15, 0.2) is 34.9 Å². The number of nitrogens with zero attached hydrogens (tertiary/aromatic N) is 1. The van der Waals surface area contributed by atoms with E-state index >= 15 is 0 Å². The smallest absolute Gasteiger partial charge is 0.332 e. The van der Waals surface area contributed by atoms with E-state index < -0.39 is 12.1 Å². The fourth-order valence-corrected chi connectivity index (χ4v) is 1.60. The van der Waals surface area contributed by atoms with E-state index in [-0.39, 0.29) is 6.61 Å². The Kier molecular flexibility index (Phi) is 4.19. The lowest BCUT2D eigenvalue weighted by atomic mass is 10.2. The molecule has 0 aliphatic heterocycles. The minimum Gasteiger partial charge on any atom is -0.479 e. The van der Waals surface area contributed by atoms with Crippen LogP contribution in [0.1, 0.15) is 12.6 Å². The van der Waals surface area contributed by atoms with Gasteiger partial charge in [-0.15, -0.1) is 0 Å². The molecule has 0 saturated carbocycles. The van der Waals surface area contributed by atoms with Crippen molar-refractivity contribution in [3.8, 4) is 11.5 Å². The van der Waals surface area contributed by atoms with Crippen LogP contribution in [0.3, 0.4) is 0 Å². The lowest BCUT2D eigenvalue weighted by Crippen LogP contribution is -2.19. The Morgan fingerprint density at radius 1 is 1.58 bits per heavy atom. The first-order valence-corrected chi connectivity index (χ1v) is 5.99. The Bertz CT molecular complexity index is 582. The van der Waals surface area contributed by atoms with E-state index in [0.717, 1.165) is 5.56 Å². The standard InChI is InChI=1S/C13H12ClNO4/c1-8(13(16)17)18-6-11-7-19-12(15-11)9-3-2-4-10(14)5-9/h2-5,7-8H,6H2,1H3,(H,16,17). The Labute approximate surface area is 114 Å². The summed E-state index contributed by atoms with van der Waals surface area (Å²) >= 11 is 5.88. The summed E-state index contributed by atoms with van der Waals surface area (Å²) in [4.78, 5) is 14.8. The number of ether oxygens (including phenoxy) is 1. The molecule has 0 aliphatic carbocycles. The van der Waals surface area contributed by atoms with Gasteiger partial charge in [0.25, 0.3) is 0 Å². The van der Waals surface area contributed by atoms with Crippen molar-refractivity contribution in [3.05, 3.63) is 41.2 Å². The molecule has 0 fully saturated rings. The Hall–Kier alpha value is -1.85. The first-order chi connectivity index (χ1) is 9.06. The highest BCUT2D eigenvalue weighted by molar-refractivity contribution is 6.30. The molecule has 1 aromatic heterocycles. The maximum atomic E-state index is 10.6. The van der Waals surface area contributed by atoms with Crippen LogP contribution in [-0.4, -0.2) is 22.2 Å². The van der Waals surface area contributed by atoms with Crippen molar-refractivity contribution in [2.45, 2.75) is 19.6 Å². The van der Waals surface area contributed by atoms with Gasteiger partial charge in [0.05, 0.1) is 6.61 Å². The summed E-state index contributed by atoms with van der Waals surface area (Å²) in [6.45, 7) is 1.54. The largest absolute Gasteiger partial charge is 0.479 e. The predicted octanol–water partition coefficient (Wildman–Crippen LogP) is 2.98. The van der Waals surface area contributed by atoms with Crippen LogP contribution in [0.5, 0.6) is 0 Å². The van der Waals surface area contributed by atoms with Crippen LogP contribution in [-0.2, 0) is 16.1 Å². The number of hydrogen-bond donors (Lipinski definition) is 1. The molecule has 0 saturated heterocycles. The molecular weight excluding hydrogens is 270 g/mol. The molecule has 6 heteroatoms. The highest BCUT2D eigenvalue weighted by Crippen LogP contribution is 2.22. The summed E-state index contributed by atoms with van der Waals surface area (Å²) in [7, 11) is 0. The van der Waals surface area contributed by atoms with Crippen molar-refractivity contribution in [1.82, 2.24) is 4.98 Å². The summed E-state index contributed by atoms with van der Waals surface area (Å²) in [6.07, 6.45) is 0.552. The zero-order valence-corrected chi connectivity index (χ0v) is 10.9. The molecule has 2 rings (SSSR count). The van der Waals surface area contributed by atoms with E-state index in [9.17, 15) is 4.79 Å². The van der Waals surface area contributed by atoms with Crippen LogP contribution >= 0.6 is 11.6 Å². The topological polar surface area (TPSA) is 72.6 Å². The number of carbonyl (C=O) groups is 1. The number of aliphatic carboxylic acids is 1. The third-order valence-corrected chi connectivity index (χ3v) is 2.69. The van der Waals surface area contributed by atoms with Crippen LogP contribution in [0.2, 0.25) is 5.02 Å². The minimum absolute atomic E-state index is 0.0809. The number of carboxylic acid groups (broad SMARTS) is 1. The number of benzene rings is 1. The van der Waals surface area contributed by atoms with Gasteiger partial charge < -0.3 is 14.3 Å². The molecule has 1 aromatic carbocycles. The van der Waals surface area contributed by atoms with Crippen LogP contribution in [0, 0.1) is 0 Å². The molecular formula is C13H12ClNO4. The Morgan fingerprint density at radius 3 is 3.05 bits per heavy atom. The Morgan fingerprint density at radius 2 is 2.37 bits per heavy atom. The van der Waals surface area contributed by atoms with Crippen LogP contribution in [0.4, 0.5) is 0 Å². The average Bonchev–Trinajstić information content (AvgIpc) is 2.84. The molecule has 0 radical (unpaired) electrons. The number of hydrogen-bond acceptors (Lipinski definition) is 4. The van der Waals surface area contributed by atoms with Crippen molar-refractivity contribution in [3.63, 3.8) is 0 Å². The van der Waals surface area contributed by atoms with E-state index in [2.05, 4.69) is 4.98 Å². The summed E-state index contributed by atoms with van der Waals surface area (Å²) in [5.74, 6) is -0.595. The van der Waals surface area contributed by atoms with Gasteiger partial charge in [-0.2, -0.15) is 0 Å². The fourth-order valence-electron chi connectivity index (χ4n) is 1.41. The molecule has 1 heterocycles. The van der Waals surface area contributed by atoms with Crippen molar-refractivity contribution >= 4 is 17.6 Å².